The van der Waals surface area contributed by atoms with E-state index in [0.717, 1.165) is 5.56 Å². The Hall–Kier alpha value is -0.223. The van der Waals surface area contributed by atoms with Crippen LogP contribution in [0, 0.1) is 6.07 Å². The molecule has 0 atom stereocenters. The van der Waals surface area contributed by atoms with Gasteiger partial charge in [0, 0.05) is 6.54 Å². The molecule has 0 aliphatic heterocycles. The van der Waals surface area contributed by atoms with Gasteiger partial charge in [-0.1, -0.05) is 24.3 Å². The molecule has 0 spiro atoms. The van der Waals surface area contributed by atoms with Gasteiger partial charge in [-0.15, -0.1) is 0 Å². The van der Waals surface area contributed by atoms with Gasteiger partial charge >= 0.3 is 23.3 Å². The predicted octanol–water partition coefficient (Wildman–Crippen LogP) is 1.15. The summed E-state index contributed by atoms with van der Waals surface area (Å²) < 4.78 is 0. The normalized spacial score (nSPS) is 8.00. The van der Waals surface area contributed by atoms with Crippen LogP contribution in [0.3, 0.4) is 0 Å². The first-order chi connectivity index (χ1) is 4.93. The fourth-order valence-corrected chi connectivity index (χ4v) is 0.557. The maximum atomic E-state index is 5.34. The third kappa shape index (κ3) is 3.74. The fraction of sp³-hybridized carbons (Fsp3) is 0.250. The monoisotopic (exact) mass is 128 g/mol. The van der Waals surface area contributed by atoms with E-state index in [1.54, 1.807) is 0 Å². The molecule has 0 fully saturated rings. The summed E-state index contributed by atoms with van der Waals surface area (Å²) in [6, 6.07) is 10.6. The number of benzene rings is 1. The van der Waals surface area contributed by atoms with Gasteiger partial charge in [-0.05, 0) is 11.6 Å². The van der Waals surface area contributed by atoms with Crippen molar-refractivity contribution in [1.82, 2.24) is 0 Å². The Bertz CT molecular complexity index is 151. The van der Waals surface area contributed by atoms with E-state index < -0.39 is 0 Å². The summed E-state index contributed by atoms with van der Waals surface area (Å²) in [5.41, 5.74) is 8.49. The molecule has 1 rings (SSSR count). The van der Waals surface area contributed by atoms with Crippen molar-refractivity contribution in [2.45, 2.75) is 12.1 Å². The second-order valence-electron chi connectivity index (χ2n) is 1.61. The number of hydrogen-bond donors (Lipinski definition) is 1. The van der Waals surface area contributed by atoms with Crippen molar-refractivity contribution in [3.05, 3.63) is 35.9 Å². The Kier molecular flexibility index (Phi) is 6.74. The van der Waals surface area contributed by atoms with Gasteiger partial charge in [-0.3, -0.25) is 0 Å². The molecule has 1 aromatic rings. The van der Waals surface area contributed by atoms with Crippen LogP contribution in [0.25, 0.3) is 0 Å². The molecule has 2 heteroatoms. The Labute approximate surface area is 71.8 Å². The molecule has 0 amide bonds. The van der Waals surface area contributed by atoms with Gasteiger partial charge in [-0.25, -0.2) is 0 Å². The van der Waals surface area contributed by atoms with E-state index in [9.17, 15) is 0 Å². The first-order valence-electron chi connectivity index (χ1n) is 3.58. The molecule has 2 N–H and O–H groups in total. The van der Waals surface area contributed by atoms with Crippen LogP contribution in [0.2, 0.25) is 5.60 Å². The second kappa shape index (κ2) is 6.89. The summed E-state index contributed by atoms with van der Waals surface area (Å²) in [6.45, 7) is 0.620. The van der Waals surface area contributed by atoms with E-state index in [-0.39, 0.29) is 0 Å². The Balaban J connectivity index is 0.000000371. The predicted molar refractivity (Wildman–Crippen MR) is 44.8 cm³/mol. The van der Waals surface area contributed by atoms with E-state index in [2.05, 4.69) is 6.07 Å². The maximum absolute atomic E-state index is 5.34. The zero-order valence-electron chi connectivity index (χ0n) is 6.59. The molecule has 1 aromatic carbocycles. The van der Waals surface area contributed by atoms with Gasteiger partial charge < -0.3 is 5.73 Å². The van der Waals surface area contributed by atoms with Crippen molar-refractivity contribution in [3.63, 3.8) is 0 Å². The summed E-state index contributed by atoms with van der Waals surface area (Å²) in [4.78, 5) is 0. The summed E-state index contributed by atoms with van der Waals surface area (Å²) >= 11 is 2.00. The van der Waals surface area contributed by atoms with Crippen LogP contribution in [-0.4, -0.2) is 17.7 Å². The molecule has 0 aromatic heterocycles. The van der Waals surface area contributed by atoms with E-state index in [4.69, 9.17) is 5.73 Å². The van der Waals surface area contributed by atoms with E-state index >= 15 is 0 Å². The zero-order valence-corrected chi connectivity index (χ0v) is 6.59. The molecular formula is C8H11LiN. The molecule has 0 bridgehead atoms. The van der Waals surface area contributed by atoms with Crippen molar-refractivity contribution >= 4 is 17.7 Å². The van der Waals surface area contributed by atoms with E-state index in [1.165, 1.54) is 0 Å². The van der Waals surface area contributed by atoms with Crippen molar-refractivity contribution in [3.8, 4) is 0 Å². The molecule has 49 valence electrons. The number of nitrogens with two attached hydrogens (primary N) is 1. The Morgan fingerprint density at radius 1 is 1.40 bits per heavy atom. The van der Waals surface area contributed by atoms with Crippen LogP contribution in [0.5, 0.6) is 0 Å². The molecule has 10 heavy (non-hydrogen) atoms. The van der Waals surface area contributed by atoms with E-state index in [1.807, 2.05) is 47.6 Å². The van der Waals surface area contributed by atoms with Crippen molar-refractivity contribution in [2.24, 2.45) is 5.73 Å². The van der Waals surface area contributed by atoms with Crippen LogP contribution in [0.1, 0.15) is 5.56 Å². The minimum absolute atomic E-state index is 0.620. The van der Waals surface area contributed by atoms with Crippen LogP contribution in [0.4, 0.5) is 0 Å². The fourth-order valence-electron chi connectivity index (χ4n) is 0.557. The van der Waals surface area contributed by atoms with Gasteiger partial charge in [0.15, 0.2) is 0 Å². The molecule has 1 radical (unpaired) electrons. The Morgan fingerprint density at radius 2 is 1.90 bits per heavy atom. The first kappa shape index (κ1) is 9.78. The summed E-state index contributed by atoms with van der Waals surface area (Å²) in [7, 11) is 0. The number of hydrogen-bond acceptors (Lipinski definition) is 1. The molecular weight excluding hydrogens is 117 g/mol. The van der Waals surface area contributed by atoms with Crippen molar-refractivity contribution in [2.75, 3.05) is 0 Å². The van der Waals surface area contributed by atoms with Gasteiger partial charge in [0.05, 0.1) is 0 Å². The summed E-state index contributed by atoms with van der Waals surface area (Å²) in [6.07, 6.45) is 0. The average Bonchev–Trinajstić information content (AvgIpc) is 2.10. The van der Waals surface area contributed by atoms with Crippen molar-refractivity contribution < 1.29 is 0 Å². The Morgan fingerprint density at radius 3 is 2.20 bits per heavy atom. The quantitative estimate of drug-likeness (QED) is 0.564. The van der Waals surface area contributed by atoms with E-state index in [0.29, 0.717) is 6.54 Å². The standard InChI is InChI=1S/C7H8N.CH3.Li/c8-6-7-4-2-1-3-5-7;;/h2-5H,6,8H2;1H3;. The van der Waals surface area contributed by atoms with Crippen LogP contribution in [0.15, 0.2) is 24.3 Å². The van der Waals surface area contributed by atoms with Crippen LogP contribution < -0.4 is 5.73 Å². The topological polar surface area (TPSA) is 26.0 Å². The third-order valence-corrected chi connectivity index (χ3v) is 1.02. The van der Waals surface area contributed by atoms with Gasteiger partial charge in [-0.2, -0.15) is 0 Å². The SMILES string of the molecule is NCc1cc[c]cc1.[Li][CH3]. The second-order valence-corrected chi connectivity index (χ2v) is 1.61. The van der Waals surface area contributed by atoms with Crippen molar-refractivity contribution in [1.29, 1.82) is 0 Å². The van der Waals surface area contributed by atoms with Gasteiger partial charge in [0.2, 0.25) is 0 Å². The average molecular weight is 128 g/mol. The molecule has 0 saturated carbocycles. The zero-order chi connectivity index (χ0) is 7.82. The summed E-state index contributed by atoms with van der Waals surface area (Å²) in [5, 5.41) is 0. The molecule has 0 aliphatic rings. The molecule has 1 nitrogen and oxygen atoms in total. The minimum atomic E-state index is 0.620. The van der Waals surface area contributed by atoms with Gasteiger partial charge in [0.1, 0.15) is 0 Å². The third-order valence-electron chi connectivity index (χ3n) is 1.02. The summed E-state index contributed by atoms with van der Waals surface area (Å²) in [5.74, 6) is 0. The van der Waals surface area contributed by atoms with Gasteiger partial charge in [0.25, 0.3) is 0 Å². The van der Waals surface area contributed by atoms with Crippen LogP contribution in [-0.2, 0) is 6.54 Å². The first-order valence-corrected chi connectivity index (χ1v) is 3.58. The molecule has 0 heterocycles. The molecule has 0 saturated heterocycles. The number of rotatable bonds is 1. The molecule has 0 unspecified atom stereocenters. The van der Waals surface area contributed by atoms with Crippen LogP contribution >= 0.6 is 0 Å². The molecule has 0 aliphatic carbocycles.